The SMILES string of the molecule is C[C@@H](c1ccccc1Cl)N(C)CCC(C)(C)C#N. The monoisotopic (exact) mass is 264 g/mol. The van der Waals surface area contributed by atoms with Crippen molar-refractivity contribution in [2.45, 2.75) is 33.2 Å². The molecule has 0 aliphatic carbocycles. The van der Waals surface area contributed by atoms with Gasteiger partial charge >= 0.3 is 0 Å². The summed E-state index contributed by atoms with van der Waals surface area (Å²) in [5, 5.41) is 9.82. The molecule has 0 heterocycles. The van der Waals surface area contributed by atoms with E-state index in [9.17, 15) is 0 Å². The lowest BCUT2D eigenvalue weighted by atomic mass is 9.91. The van der Waals surface area contributed by atoms with E-state index >= 15 is 0 Å². The van der Waals surface area contributed by atoms with Gasteiger partial charge in [0.1, 0.15) is 0 Å². The summed E-state index contributed by atoms with van der Waals surface area (Å²) in [6.45, 7) is 6.97. The molecular formula is C15H21ClN2. The number of hydrogen-bond acceptors (Lipinski definition) is 2. The lowest BCUT2D eigenvalue weighted by Crippen LogP contribution is -2.27. The average Bonchev–Trinajstić information content (AvgIpc) is 2.36. The predicted octanol–water partition coefficient (Wildman–Crippen LogP) is 4.27. The fourth-order valence-corrected chi connectivity index (χ4v) is 2.05. The molecule has 0 unspecified atom stereocenters. The summed E-state index contributed by atoms with van der Waals surface area (Å²) < 4.78 is 0. The standard InChI is InChI=1S/C15H21ClN2/c1-12(13-7-5-6-8-14(13)16)18(4)10-9-15(2,3)11-17/h5-8,12H,9-10H2,1-4H3/t12-/m0/s1. The second-order valence-electron chi connectivity index (χ2n) is 5.42. The number of hydrogen-bond donors (Lipinski definition) is 0. The summed E-state index contributed by atoms with van der Waals surface area (Å²) in [6, 6.07) is 10.5. The van der Waals surface area contributed by atoms with Crippen LogP contribution in [0.1, 0.15) is 38.8 Å². The van der Waals surface area contributed by atoms with Crippen LogP contribution in [0.15, 0.2) is 24.3 Å². The van der Waals surface area contributed by atoms with E-state index in [1.54, 1.807) is 0 Å². The molecule has 0 aliphatic rings. The summed E-state index contributed by atoms with van der Waals surface area (Å²) in [7, 11) is 2.07. The molecule has 1 aromatic carbocycles. The van der Waals surface area contributed by atoms with Gasteiger partial charge in [0.15, 0.2) is 0 Å². The van der Waals surface area contributed by atoms with E-state index in [1.807, 2.05) is 32.0 Å². The summed E-state index contributed by atoms with van der Waals surface area (Å²) in [5.74, 6) is 0. The van der Waals surface area contributed by atoms with Crippen LogP contribution < -0.4 is 0 Å². The highest BCUT2D eigenvalue weighted by Crippen LogP contribution is 2.27. The van der Waals surface area contributed by atoms with Gasteiger partial charge in [-0.05, 0) is 52.4 Å². The van der Waals surface area contributed by atoms with Crippen LogP contribution in [-0.2, 0) is 0 Å². The van der Waals surface area contributed by atoms with Crippen molar-refractivity contribution < 1.29 is 0 Å². The third-order valence-electron chi connectivity index (χ3n) is 3.41. The molecule has 0 radical (unpaired) electrons. The maximum Gasteiger partial charge on any atom is 0.0684 e. The highest BCUT2D eigenvalue weighted by molar-refractivity contribution is 6.31. The van der Waals surface area contributed by atoms with Crippen LogP contribution in [0.2, 0.25) is 5.02 Å². The van der Waals surface area contributed by atoms with Gasteiger partial charge in [-0.2, -0.15) is 5.26 Å². The van der Waals surface area contributed by atoms with Crippen molar-refractivity contribution in [2.24, 2.45) is 5.41 Å². The number of benzene rings is 1. The smallest absolute Gasteiger partial charge is 0.0684 e. The number of halogens is 1. The topological polar surface area (TPSA) is 27.0 Å². The first-order valence-electron chi connectivity index (χ1n) is 6.23. The van der Waals surface area contributed by atoms with Crippen LogP contribution in [-0.4, -0.2) is 18.5 Å². The zero-order valence-corrected chi connectivity index (χ0v) is 12.3. The van der Waals surface area contributed by atoms with E-state index in [1.165, 1.54) is 0 Å². The number of nitriles is 1. The minimum Gasteiger partial charge on any atom is -0.300 e. The average molecular weight is 265 g/mol. The second kappa shape index (κ2) is 6.22. The minimum atomic E-state index is -0.269. The van der Waals surface area contributed by atoms with Crippen molar-refractivity contribution in [3.63, 3.8) is 0 Å². The normalized spacial score (nSPS) is 13.4. The molecule has 0 spiro atoms. The zero-order valence-electron chi connectivity index (χ0n) is 11.6. The molecule has 0 aromatic heterocycles. The van der Waals surface area contributed by atoms with Gasteiger partial charge in [-0.25, -0.2) is 0 Å². The fraction of sp³-hybridized carbons (Fsp3) is 0.533. The summed E-state index contributed by atoms with van der Waals surface area (Å²) >= 11 is 6.20. The van der Waals surface area contributed by atoms with Gasteiger partial charge < -0.3 is 0 Å². The van der Waals surface area contributed by atoms with Crippen LogP contribution in [0, 0.1) is 16.7 Å². The number of rotatable bonds is 5. The predicted molar refractivity (Wildman–Crippen MR) is 76.5 cm³/mol. The Bertz CT molecular complexity index is 434. The summed E-state index contributed by atoms with van der Waals surface area (Å²) in [4.78, 5) is 2.24. The lowest BCUT2D eigenvalue weighted by molar-refractivity contribution is 0.232. The first-order chi connectivity index (χ1) is 8.37. The van der Waals surface area contributed by atoms with Crippen LogP contribution >= 0.6 is 11.6 Å². The van der Waals surface area contributed by atoms with Crippen molar-refractivity contribution in [1.29, 1.82) is 5.26 Å². The van der Waals surface area contributed by atoms with Crippen LogP contribution in [0.25, 0.3) is 0 Å². The maximum atomic E-state index is 9.02. The Morgan fingerprint density at radius 1 is 1.39 bits per heavy atom. The Kier molecular flexibility index (Phi) is 5.19. The molecule has 18 heavy (non-hydrogen) atoms. The van der Waals surface area contributed by atoms with Gasteiger partial charge in [0.05, 0.1) is 11.5 Å². The molecule has 1 atom stereocenters. The molecule has 98 valence electrons. The third-order valence-corrected chi connectivity index (χ3v) is 3.75. The Morgan fingerprint density at radius 2 is 2.00 bits per heavy atom. The molecule has 0 amide bonds. The van der Waals surface area contributed by atoms with E-state index < -0.39 is 0 Å². The first-order valence-corrected chi connectivity index (χ1v) is 6.61. The van der Waals surface area contributed by atoms with Crippen molar-refractivity contribution in [2.75, 3.05) is 13.6 Å². The van der Waals surface area contributed by atoms with Gasteiger partial charge in [0, 0.05) is 11.1 Å². The summed E-state index contributed by atoms with van der Waals surface area (Å²) in [5.41, 5.74) is 0.866. The largest absolute Gasteiger partial charge is 0.300 e. The number of nitrogens with zero attached hydrogens (tertiary/aromatic N) is 2. The molecule has 1 aromatic rings. The van der Waals surface area contributed by atoms with Crippen molar-refractivity contribution in [3.8, 4) is 6.07 Å². The highest BCUT2D eigenvalue weighted by Gasteiger charge is 2.20. The van der Waals surface area contributed by atoms with E-state index in [-0.39, 0.29) is 11.5 Å². The second-order valence-corrected chi connectivity index (χ2v) is 5.83. The third kappa shape index (κ3) is 4.01. The molecule has 2 nitrogen and oxygen atoms in total. The first kappa shape index (κ1) is 15.0. The summed E-state index contributed by atoms with van der Waals surface area (Å²) in [6.07, 6.45) is 0.856. The Morgan fingerprint density at radius 3 is 2.56 bits per heavy atom. The van der Waals surface area contributed by atoms with Gasteiger partial charge in [-0.15, -0.1) is 0 Å². The van der Waals surface area contributed by atoms with Gasteiger partial charge in [-0.3, -0.25) is 4.90 Å². The van der Waals surface area contributed by atoms with Crippen molar-refractivity contribution in [3.05, 3.63) is 34.9 Å². The molecule has 0 aliphatic heterocycles. The Labute approximate surface area is 115 Å². The van der Waals surface area contributed by atoms with Crippen LogP contribution in [0.4, 0.5) is 0 Å². The van der Waals surface area contributed by atoms with E-state index in [0.29, 0.717) is 0 Å². The molecule has 0 bridgehead atoms. The van der Waals surface area contributed by atoms with E-state index in [0.717, 1.165) is 23.6 Å². The maximum absolute atomic E-state index is 9.02. The van der Waals surface area contributed by atoms with Crippen LogP contribution in [0.3, 0.4) is 0 Å². The van der Waals surface area contributed by atoms with Crippen LogP contribution in [0.5, 0.6) is 0 Å². The molecule has 1 rings (SSSR count). The molecule has 0 fully saturated rings. The minimum absolute atomic E-state index is 0.258. The van der Waals surface area contributed by atoms with Gasteiger partial charge in [0.25, 0.3) is 0 Å². The van der Waals surface area contributed by atoms with Crippen molar-refractivity contribution in [1.82, 2.24) is 4.90 Å². The Hall–Kier alpha value is -1.04. The lowest BCUT2D eigenvalue weighted by Gasteiger charge is -2.28. The molecule has 3 heteroatoms. The molecule has 0 saturated carbocycles. The zero-order chi connectivity index (χ0) is 13.8. The molecular weight excluding hydrogens is 244 g/mol. The molecule has 0 saturated heterocycles. The van der Waals surface area contributed by atoms with Crippen molar-refractivity contribution >= 4 is 11.6 Å². The van der Waals surface area contributed by atoms with Gasteiger partial charge in [0.2, 0.25) is 0 Å². The van der Waals surface area contributed by atoms with E-state index in [4.69, 9.17) is 16.9 Å². The van der Waals surface area contributed by atoms with Gasteiger partial charge in [-0.1, -0.05) is 29.8 Å². The Balaban J connectivity index is 2.66. The fourth-order valence-electron chi connectivity index (χ4n) is 1.76. The van der Waals surface area contributed by atoms with E-state index in [2.05, 4.69) is 31.0 Å². The quantitative estimate of drug-likeness (QED) is 0.794. The highest BCUT2D eigenvalue weighted by atomic mass is 35.5. The molecule has 0 N–H and O–H groups in total.